The van der Waals surface area contributed by atoms with Crippen molar-refractivity contribution in [3.63, 3.8) is 0 Å². The predicted octanol–water partition coefficient (Wildman–Crippen LogP) is 4.85. The standard InChI is InChI=1S/C21H14FN5/c22-14-9-11-15(12-10-14)23-19-13-21(24-17-6-2-1-5-16(17)19)27-20-8-4-3-7-18(20)25-26-27/h1-13H,(H,23,24). The maximum atomic E-state index is 13.2. The van der Waals surface area contributed by atoms with E-state index in [2.05, 4.69) is 15.6 Å². The first-order valence-corrected chi connectivity index (χ1v) is 8.51. The number of fused-ring (bicyclic) bond motifs is 2. The first kappa shape index (κ1) is 15.5. The van der Waals surface area contributed by atoms with Gasteiger partial charge < -0.3 is 5.32 Å². The fraction of sp³-hybridized carbons (Fsp3) is 0. The van der Waals surface area contributed by atoms with E-state index in [1.807, 2.05) is 54.6 Å². The highest BCUT2D eigenvalue weighted by molar-refractivity contribution is 5.94. The summed E-state index contributed by atoms with van der Waals surface area (Å²) in [6.45, 7) is 0. The van der Waals surface area contributed by atoms with Gasteiger partial charge in [0.2, 0.25) is 0 Å². The minimum absolute atomic E-state index is 0.269. The number of hydrogen-bond acceptors (Lipinski definition) is 4. The molecule has 0 aliphatic carbocycles. The third-order valence-corrected chi connectivity index (χ3v) is 4.39. The second kappa shape index (κ2) is 6.17. The summed E-state index contributed by atoms with van der Waals surface area (Å²) in [6, 6.07) is 23.8. The second-order valence-corrected chi connectivity index (χ2v) is 6.17. The van der Waals surface area contributed by atoms with E-state index in [0.717, 1.165) is 33.3 Å². The normalized spacial score (nSPS) is 11.1. The number of anilines is 2. The molecule has 0 bridgehead atoms. The average Bonchev–Trinajstić information content (AvgIpc) is 3.14. The third-order valence-electron chi connectivity index (χ3n) is 4.39. The van der Waals surface area contributed by atoms with Crippen LogP contribution in [0.15, 0.2) is 78.9 Å². The average molecular weight is 355 g/mol. The van der Waals surface area contributed by atoms with Gasteiger partial charge in [0.1, 0.15) is 11.3 Å². The Labute approximate surface area is 154 Å². The quantitative estimate of drug-likeness (QED) is 0.503. The summed E-state index contributed by atoms with van der Waals surface area (Å²) in [5, 5.41) is 12.8. The molecule has 0 amide bonds. The summed E-state index contributed by atoms with van der Waals surface area (Å²) >= 11 is 0. The Balaban J connectivity index is 1.69. The van der Waals surface area contributed by atoms with Gasteiger partial charge in [-0.1, -0.05) is 35.5 Å². The van der Waals surface area contributed by atoms with Gasteiger partial charge in [-0.3, -0.25) is 0 Å². The van der Waals surface area contributed by atoms with Crippen LogP contribution in [0.25, 0.3) is 27.8 Å². The van der Waals surface area contributed by atoms with Crippen LogP contribution < -0.4 is 5.32 Å². The Kier molecular flexibility index (Phi) is 3.53. The summed E-state index contributed by atoms with van der Waals surface area (Å²) in [5.41, 5.74) is 4.18. The van der Waals surface area contributed by atoms with E-state index in [1.165, 1.54) is 12.1 Å². The molecule has 0 unspecified atom stereocenters. The molecule has 5 rings (SSSR count). The van der Waals surface area contributed by atoms with Crippen molar-refractivity contribution in [1.82, 2.24) is 20.0 Å². The van der Waals surface area contributed by atoms with Crippen molar-refractivity contribution in [2.45, 2.75) is 0 Å². The first-order chi connectivity index (χ1) is 13.3. The van der Waals surface area contributed by atoms with Crippen LogP contribution in [0.2, 0.25) is 0 Å². The van der Waals surface area contributed by atoms with Crippen LogP contribution in [0.5, 0.6) is 0 Å². The minimum Gasteiger partial charge on any atom is -0.355 e. The summed E-state index contributed by atoms with van der Waals surface area (Å²) in [4.78, 5) is 4.74. The molecule has 0 aliphatic rings. The zero-order valence-corrected chi connectivity index (χ0v) is 14.2. The molecule has 130 valence electrons. The van der Waals surface area contributed by atoms with Crippen LogP contribution >= 0.6 is 0 Å². The highest BCUT2D eigenvalue weighted by atomic mass is 19.1. The maximum Gasteiger partial charge on any atom is 0.158 e. The molecular weight excluding hydrogens is 341 g/mol. The Hall–Kier alpha value is -3.80. The molecule has 0 fully saturated rings. The van der Waals surface area contributed by atoms with Gasteiger partial charge in [0.05, 0.1) is 16.7 Å². The minimum atomic E-state index is -0.269. The van der Waals surface area contributed by atoms with Crippen LogP contribution in [-0.4, -0.2) is 20.0 Å². The number of aromatic nitrogens is 4. The Morgan fingerprint density at radius 2 is 1.56 bits per heavy atom. The van der Waals surface area contributed by atoms with E-state index < -0.39 is 0 Å². The fourth-order valence-electron chi connectivity index (χ4n) is 3.10. The lowest BCUT2D eigenvalue weighted by atomic mass is 10.1. The molecule has 0 aliphatic heterocycles. The topological polar surface area (TPSA) is 55.6 Å². The molecule has 0 radical (unpaired) electrons. The summed E-state index contributed by atoms with van der Waals surface area (Å²) < 4.78 is 14.9. The second-order valence-electron chi connectivity index (χ2n) is 6.17. The van der Waals surface area contributed by atoms with Gasteiger partial charge in [-0.05, 0) is 42.5 Å². The van der Waals surface area contributed by atoms with Gasteiger partial charge in [0.25, 0.3) is 0 Å². The predicted molar refractivity (Wildman–Crippen MR) is 104 cm³/mol. The molecule has 0 saturated heterocycles. The zero-order valence-electron chi connectivity index (χ0n) is 14.2. The van der Waals surface area contributed by atoms with Crippen molar-refractivity contribution < 1.29 is 4.39 Å². The lowest BCUT2D eigenvalue weighted by Crippen LogP contribution is -2.02. The Morgan fingerprint density at radius 3 is 2.41 bits per heavy atom. The van der Waals surface area contributed by atoms with E-state index in [4.69, 9.17) is 4.98 Å². The Bertz CT molecular complexity index is 1260. The summed E-state index contributed by atoms with van der Waals surface area (Å²) in [6.07, 6.45) is 0. The smallest absolute Gasteiger partial charge is 0.158 e. The van der Waals surface area contributed by atoms with Crippen molar-refractivity contribution >= 4 is 33.3 Å². The number of para-hydroxylation sites is 2. The highest BCUT2D eigenvalue weighted by Gasteiger charge is 2.11. The summed E-state index contributed by atoms with van der Waals surface area (Å²) in [5.74, 6) is 0.391. The van der Waals surface area contributed by atoms with E-state index in [-0.39, 0.29) is 5.82 Å². The largest absolute Gasteiger partial charge is 0.355 e. The van der Waals surface area contributed by atoms with Crippen LogP contribution in [0.1, 0.15) is 0 Å². The van der Waals surface area contributed by atoms with Gasteiger partial charge in [-0.15, -0.1) is 5.10 Å². The van der Waals surface area contributed by atoms with Crippen molar-refractivity contribution in [1.29, 1.82) is 0 Å². The molecule has 1 N–H and O–H groups in total. The van der Waals surface area contributed by atoms with Crippen LogP contribution in [0.4, 0.5) is 15.8 Å². The lowest BCUT2D eigenvalue weighted by Gasteiger charge is -2.12. The van der Waals surface area contributed by atoms with Gasteiger partial charge >= 0.3 is 0 Å². The van der Waals surface area contributed by atoms with E-state index in [0.29, 0.717) is 5.82 Å². The summed E-state index contributed by atoms with van der Waals surface area (Å²) in [7, 11) is 0. The van der Waals surface area contributed by atoms with E-state index >= 15 is 0 Å². The number of hydrogen-bond donors (Lipinski definition) is 1. The maximum absolute atomic E-state index is 13.2. The number of nitrogens with zero attached hydrogens (tertiary/aromatic N) is 4. The van der Waals surface area contributed by atoms with Gasteiger partial charge in [-0.25, -0.2) is 9.37 Å². The zero-order chi connectivity index (χ0) is 18.2. The number of rotatable bonds is 3. The van der Waals surface area contributed by atoms with E-state index in [1.54, 1.807) is 16.8 Å². The van der Waals surface area contributed by atoms with Crippen molar-refractivity contribution in [3.8, 4) is 5.82 Å². The number of nitrogens with one attached hydrogen (secondary N) is 1. The molecule has 0 saturated carbocycles. The Morgan fingerprint density at radius 1 is 0.815 bits per heavy atom. The van der Waals surface area contributed by atoms with Gasteiger partial charge in [0.15, 0.2) is 5.82 Å². The number of pyridine rings is 1. The molecule has 0 atom stereocenters. The third kappa shape index (κ3) is 2.77. The SMILES string of the molecule is Fc1ccc(Nc2cc(-n3nnc4ccccc43)nc3ccccc23)cc1. The van der Waals surface area contributed by atoms with E-state index in [9.17, 15) is 4.39 Å². The van der Waals surface area contributed by atoms with Crippen LogP contribution in [-0.2, 0) is 0 Å². The first-order valence-electron chi connectivity index (χ1n) is 8.51. The molecule has 6 heteroatoms. The van der Waals surface area contributed by atoms with Gasteiger partial charge in [-0.2, -0.15) is 4.68 Å². The van der Waals surface area contributed by atoms with Gasteiger partial charge in [0, 0.05) is 17.1 Å². The lowest BCUT2D eigenvalue weighted by molar-refractivity contribution is 0.628. The molecular formula is C21H14FN5. The number of benzene rings is 3. The molecule has 3 aromatic carbocycles. The molecule has 5 aromatic rings. The molecule has 2 aromatic heterocycles. The highest BCUT2D eigenvalue weighted by Crippen LogP contribution is 2.28. The van der Waals surface area contributed by atoms with Crippen LogP contribution in [0, 0.1) is 5.82 Å². The number of halogens is 1. The fourth-order valence-corrected chi connectivity index (χ4v) is 3.10. The molecule has 5 nitrogen and oxygen atoms in total. The molecule has 0 spiro atoms. The van der Waals surface area contributed by atoms with Crippen molar-refractivity contribution in [3.05, 3.63) is 84.7 Å². The monoisotopic (exact) mass is 355 g/mol. The molecule has 27 heavy (non-hydrogen) atoms. The molecule has 2 heterocycles. The van der Waals surface area contributed by atoms with Crippen molar-refractivity contribution in [2.75, 3.05) is 5.32 Å². The van der Waals surface area contributed by atoms with Crippen LogP contribution in [0.3, 0.4) is 0 Å². The van der Waals surface area contributed by atoms with Crippen molar-refractivity contribution in [2.24, 2.45) is 0 Å².